The highest BCUT2D eigenvalue weighted by atomic mass is 16.6. The van der Waals surface area contributed by atoms with E-state index in [2.05, 4.69) is 41.0 Å². The van der Waals surface area contributed by atoms with E-state index in [1.54, 1.807) is 0 Å². The van der Waals surface area contributed by atoms with Gasteiger partial charge >= 0.3 is 6.09 Å². The molecule has 26 heavy (non-hydrogen) atoms. The molecule has 2 aromatic carbocycles. The molecule has 0 fully saturated rings. The van der Waals surface area contributed by atoms with Gasteiger partial charge in [0.15, 0.2) is 0 Å². The first kappa shape index (κ1) is 18.3. The van der Waals surface area contributed by atoms with Crippen LogP contribution in [0.15, 0.2) is 42.5 Å². The Morgan fingerprint density at radius 3 is 2.65 bits per heavy atom. The van der Waals surface area contributed by atoms with Crippen LogP contribution in [0.4, 0.5) is 16.2 Å². The van der Waals surface area contributed by atoms with E-state index in [0.717, 1.165) is 30.8 Å². The summed E-state index contributed by atoms with van der Waals surface area (Å²) in [4.78, 5) is 12.1. The molecule has 1 amide bonds. The average Bonchev–Trinajstić information content (AvgIpc) is 2.57. The Balaban J connectivity index is 1.91. The summed E-state index contributed by atoms with van der Waals surface area (Å²) in [5, 5.41) is 6.38. The smallest absolute Gasteiger partial charge is 0.412 e. The lowest BCUT2D eigenvalue weighted by Gasteiger charge is -2.21. The van der Waals surface area contributed by atoms with Crippen LogP contribution in [0.5, 0.6) is 0 Å². The van der Waals surface area contributed by atoms with Crippen LogP contribution in [-0.2, 0) is 11.2 Å². The zero-order chi connectivity index (χ0) is 18.6. The van der Waals surface area contributed by atoms with Gasteiger partial charge in [-0.2, -0.15) is 0 Å². The van der Waals surface area contributed by atoms with Crippen LogP contribution in [-0.4, -0.2) is 18.2 Å². The molecule has 4 nitrogen and oxygen atoms in total. The lowest BCUT2D eigenvalue weighted by Crippen LogP contribution is -2.27. The van der Waals surface area contributed by atoms with E-state index < -0.39 is 11.7 Å². The van der Waals surface area contributed by atoms with Crippen molar-refractivity contribution in [2.45, 2.75) is 52.1 Å². The number of hydrogen-bond acceptors (Lipinski definition) is 3. The van der Waals surface area contributed by atoms with Crippen LogP contribution in [0.3, 0.4) is 0 Å². The number of anilines is 2. The highest BCUT2D eigenvalue weighted by molar-refractivity contribution is 5.89. The lowest BCUT2D eigenvalue weighted by atomic mass is 9.93. The molecule has 0 aromatic heterocycles. The molecule has 0 spiro atoms. The van der Waals surface area contributed by atoms with Crippen molar-refractivity contribution < 1.29 is 9.53 Å². The number of fused-ring (bicyclic) bond motifs is 3. The van der Waals surface area contributed by atoms with Gasteiger partial charge in [0.25, 0.3) is 0 Å². The number of hydrogen-bond donors (Lipinski definition) is 2. The molecule has 0 bridgehead atoms. The molecule has 4 heteroatoms. The van der Waals surface area contributed by atoms with Gasteiger partial charge in [-0.3, -0.25) is 5.32 Å². The second-order valence-electron chi connectivity index (χ2n) is 7.78. The van der Waals surface area contributed by atoms with E-state index in [-0.39, 0.29) is 0 Å². The predicted octanol–water partition coefficient (Wildman–Crippen LogP) is 5.84. The van der Waals surface area contributed by atoms with E-state index in [9.17, 15) is 4.79 Å². The summed E-state index contributed by atoms with van der Waals surface area (Å²) in [7, 11) is 0. The molecule has 0 radical (unpaired) electrons. The predicted molar refractivity (Wildman–Crippen MR) is 108 cm³/mol. The number of rotatable bonds is 1. The Hall–Kier alpha value is -2.49. The van der Waals surface area contributed by atoms with Crippen molar-refractivity contribution in [1.29, 1.82) is 0 Å². The minimum Gasteiger partial charge on any atom is -0.444 e. The van der Waals surface area contributed by atoms with Gasteiger partial charge in [0.1, 0.15) is 5.60 Å². The van der Waals surface area contributed by atoms with Crippen molar-refractivity contribution in [2.24, 2.45) is 0 Å². The van der Waals surface area contributed by atoms with Crippen LogP contribution in [0.25, 0.3) is 11.1 Å². The summed E-state index contributed by atoms with van der Waals surface area (Å²) in [5.41, 5.74) is 5.09. The molecule has 1 aliphatic rings. The third-order valence-corrected chi connectivity index (χ3v) is 4.41. The number of ether oxygens (including phenoxy) is 1. The summed E-state index contributed by atoms with van der Waals surface area (Å²) in [6.45, 7) is 6.51. The minimum absolute atomic E-state index is 0.433. The summed E-state index contributed by atoms with van der Waals surface area (Å²) >= 11 is 0. The molecule has 0 aliphatic carbocycles. The fourth-order valence-electron chi connectivity index (χ4n) is 3.27. The quantitative estimate of drug-likeness (QED) is 0.678. The summed E-state index contributed by atoms with van der Waals surface area (Å²) in [6.07, 6.45) is 4.25. The van der Waals surface area contributed by atoms with Gasteiger partial charge in [-0.25, -0.2) is 4.79 Å². The number of amides is 1. The molecular formula is C22H28N2O2. The molecule has 0 saturated carbocycles. The van der Waals surface area contributed by atoms with Gasteiger partial charge in [0.05, 0.1) is 0 Å². The first-order valence-electron chi connectivity index (χ1n) is 9.38. The fourth-order valence-corrected chi connectivity index (χ4v) is 3.27. The van der Waals surface area contributed by atoms with Crippen molar-refractivity contribution in [2.75, 3.05) is 17.2 Å². The Labute approximate surface area is 156 Å². The molecule has 1 heterocycles. The van der Waals surface area contributed by atoms with Gasteiger partial charge < -0.3 is 10.1 Å². The Morgan fingerprint density at radius 1 is 1.04 bits per heavy atom. The standard InChI is InChI=1S/C22H28N2O2/c1-22(2,3)26-21(25)24-17-12-13-19-18-11-7-6-10-16(18)9-5-4-8-14-23-20(19)15-17/h6-7,10-13,15,23H,4-5,8-9,14H2,1-3H3,(H,24,25). The largest absolute Gasteiger partial charge is 0.444 e. The van der Waals surface area contributed by atoms with Crippen molar-refractivity contribution in [3.63, 3.8) is 0 Å². The van der Waals surface area contributed by atoms with E-state index in [4.69, 9.17) is 4.74 Å². The molecule has 138 valence electrons. The first-order chi connectivity index (χ1) is 12.4. The van der Waals surface area contributed by atoms with Crippen molar-refractivity contribution >= 4 is 17.5 Å². The summed E-state index contributed by atoms with van der Waals surface area (Å²) < 4.78 is 5.35. The maximum Gasteiger partial charge on any atom is 0.412 e. The van der Waals surface area contributed by atoms with Gasteiger partial charge in [0, 0.05) is 23.5 Å². The van der Waals surface area contributed by atoms with E-state index in [0.29, 0.717) is 0 Å². The lowest BCUT2D eigenvalue weighted by molar-refractivity contribution is 0.0636. The summed E-state index contributed by atoms with van der Waals surface area (Å²) in [6, 6.07) is 14.6. The third-order valence-electron chi connectivity index (χ3n) is 4.41. The molecule has 0 atom stereocenters. The molecule has 2 aromatic rings. The number of aryl methyl sites for hydroxylation is 1. The molecule has 1 aliphatic heterocycles. The molecule has 3 rings (SSSR count). The van der Waals surface area contributed by atoms with Crippen molar-refractivity contribution in [3.05, 3.63) is 48.0 Å². The zero-order valence-electron chi connectivity index (χ0n) is 15.9. The number of carbonyl (C=O) groups excluding carboxylic acids is 1. The van der Waals surface area contributed by atoms with Crippen molar-refractivity contribution in [3.8, 4) is 11.1 Å². The second-order valence-corrected chi connectivity index (χ2v) is 7.78. The topological polar surface area (TPSA) is 50.4 Å². The average molecular weight is 352 g/mol. The first-order valence-corrected chi connectivity index (χ1v) is 9.38. The van der Waals surface area contributed by atoms with Crippen LogP contribution >= 0.6 is 0 Å². The summed E-state index contributed by atoms with van der Waals surface area (Å²) in [5.74, 6) is 0. The fraction of sp³-hybridized carbons (Fsp3) is 0.409. The highest BCUT2D eigenvalue weighted by Gasteiger charge is 2.17. The molecule has 0 unspecified atom stereocenters. The zero-order valence-corrected chi connectivity index (χ0v) is 15.9. The van der Waals surface area contributed by atoms with Crippen molar-refractivity contribution in [1.82, 2.24) is 0 Å². The Kier molecular flexibility index (Phi) is 5.50. The van der Waals surface area contributed by atoms with Crippen LogP contribution in [0, 0.1) is 0 Å². The normalized spacial score (nSPS) is 14.4. The monoisotopic (exact) mass is 352 g/mol. The Bertz CT molecular complexity index is 778. The SMILES string of the molecule is CC(C)(C)OC(=O)Nc1ccc2c(c1)NCCCCCc1ccccc1-2. The van der Waals surface area contributed by atoms with E-state index in [1.807, 2.05) is 32.9 Å². The van der Waals surface area contributed by atoms with Crippen LogP contribution in [0.2, 0.25) is 0 Å². The second kappa shape index (κ2) is 7.81. The third kappa shape index (κ3) is 4.78. The minimum atomic E-state index is -0.513. The maximum atomic E-state index is 12.1. The number of benzene rings is 2. The van der Waals surface area contributed by atoms with Crippen LogP contribution < -0.4 is 10.6 Å². The van der Waals surface area contributed by atoms with Crippen LogP contribution in [0.1, 0.15) is 45.6 Å². The van der Waals surface area contributed by atoms with Gasteiger partial charge in [-0.1, -0.05) is 36.8 Å². The van der Waals surface area contributed by atoms with Gasteiger partial charge in [-0.05, 0) is 63.3 Å². The molecule has 0 saturated heterocycles. The van der Waals surface area contributed by atoms with E-state index in [1.165, 1.54) is 29.5 Å². The molecule has 2 N–H and O–H groups in total. The van der Waals surface area contributed by atoms with Gasteiger partial charge in [-0.15, -0.1) is 0 Å². The van der Waals surface area contributed by atoms with Gasteiger partial charge in [0.2, 0.25) is 0 Å². The van der Waals surface area contributed by atoms with E-state index >= 15 is 0 Å². The Morgan fingerprint density at radius 2 is 1.85 bits per heavy atom. The number of nitrogens with one attached hydrogen (secondary N) is 2. The highest BCUT2D eigenvalue weighted by Crippen LogP contribution is 2.34. The molecular weight excluding hydrogens is 324 g/mol. The maximum absolute atomic E-state index is 12.1. The number of carbonyl (C=O) groups is 1.